The zero-order valence-corrected chi connectivity index (χ0v) is 10.7. The maximum atomic E-state index is 11.7. The predicted molar refractivity (Wildman–Crippen MR) is 63.3 cm³/mol. The fourth-order valence-corrected chi connectivity index (χ4v) is 4.80. The van der Waals surface area contributed by atoms with Gasteiger partial charge in [0.1, 0.15) is 0 Å². The van der Waals surface area contributed by atoms with Crippen LogP contribution in [0.1, 0.15) is 32.6 Å². The standard InChI is InChI=1S/C11H21NO3S/c1-2-12-10-4-6-15-11(8-10)5-3-7-16(13,14)9-11/h10,12H,2-9H2,1H3. The lowest BCUT2D eigenvalue weighted by atomic mass is 9.88. The van der Waals surface area contributed by atoms with Gasteiger partial charge >= 0.3 is 0 Å². The molecule has 16 heavy (non-hydrogen) atoms. The Bertz CT molecular complexity index is 335. The Hall–Kier alpha value is -0.130. The molecule has 2 rings (SSSR count). The van der Waals surface area contributed by atoms with Crippen molar-refractivity contribution in [3.05, 3.63) is 0 Å². The van der Waals surface area contributed by atoms with E-state index in [1.54, 1.807) is 0 Å². The molecule has 0 saturated carbocycles. The highest BCUT2D eigenvalue weighted by Crippen LogP contribution is 2.34. The lowest BCUT2D eigenvalue weighted by Gasteiger charge is -2.43. The Morgan fingerprint density at radius 3 is 3.00 bits per heavy atom. The van der Waals surface area contributed by atoms with Crippen LogP contribution in [-0.4, -0.2) is 44.7 Å². The molecule has 94 valence electrons. The van der Waals surface area contributed by atoms with Crippen LogP contribution in [0.25, 0.3) is 0 Å². The average Bonchev–Trinajstić information content (AvgIpc) is 2.16. The van der Waals surface area contributed by atoms with Crippen LogP contribution < -0.4 is 5.32 Å². The SMILES string of the molecule is CCNC1CCOC2(CCCS(=O)(=O)C2)C1. The Morgan fingerprint density at radius 1 is 1.50 bits per heavy atom. The molecule has 2 aliphatic heterocycles. The minimum Gasteiger partial charge on any atom is -0.374 e. The molecule has 0 amide bonds. The molecule has 0 bridgehead atoms. The van der Waals surface area contributed by atoms with Crippen molar-refractivity contribution >= 4 is 9.84 Å². The highest BCUT2D eigenvalue weighted by Gasteiger charge is 2.43. The van der Waals surface area contributed by atoms with Gasteiger partial charge in [-0.15, -0.1) is 0 Å². The van der Waals surface area contributed by atoms with Gasteiger partial charge in [0.2, 0.25) is 0 Å². The Kier molecular flexibility index (Phi) is 3.56. The molecule has 2 unspecified atom stereocenters. The molecule has 2 atom stereocenters. The van der Waals surface area contributed by atoms with Crippen molar-refractivity contribution in [2.75, 3.05) is 24.7 Å². The second kappa shape index (κ2) is 4.63. The largest absolute Gasteiger partial charge is 0.374 e. The van der Waals surface area contributed by atoms with Crippen molar-refractivity contribution in [2.45, 2.75) is 44.2 Å². The summed E-state index contributed by atoms with van der Waals surface area (Å²) in [6.07, 6.45) is 3.49. The van der Waals surface area contributed by atoms with Crippen molar-refractivity contribution in [1.29, 1.82) is 0 Å². The normalized spacial score (nSPS) is 38.7. The zero-order chi connectivity index (χ0) is 11.6. The summed E-state index contributed by atoms with van der Waals surface area (Å²) in [7, 11) is -2.88. The predicted octanol–water partition coefficient (Wildman–Crippen LogP) is 0.722. The second-order valence-corrected chi connectivity index (χ2v) is 7.16. The fourth-order valence-electron chi connectivity index (χ4n) is 2.92. The first-order valence-electron chi connectivity index (χ1n) is 6.13. The third-order valence-electron chi connectivity index (χ3n) is 3.56. The van der Waals surface area contributed by atoms with Crippen LogP contribution >= 0.6 is 0 Å². The van der Waals surface area contributed by atoms with Gasteiger partial charge in [0.15, 0.2) is 9.84 Å². The molecule has 0 aromatic rings. The summed E-state index contributed by atoms with van der Waals surface area (Å²) in [5, 5.41) is 3.41. The number of rotatable bonds is 2. The van der Waals surface area contributed by atoms with Gasteiger partial charge in [0, 0.05) is 12.6 Å². The topological polar surface area (TPSA) is 55.4 Å². The highest BCUT2D eigenvalue weighted by molar-refractivity contribution is 7.91. The van der Waals surface area contributed by atoms with Crippen LogP contribution in [0.3, 0.4) is 0 Å². The number of hydrogen-bond acceptors (Lipinski definition) is 4. The van der Waals surface area contributed by atoms with Crippen LogP contribution in [0.5, 0.6) is 0 Å². The van der Waals surface area contributed by atoms with Gasteiger partial charge in [-0.2, -0.15) is 0 Å². The molecule has 1 spiro atoms. The van der Waals surface area contributed by atoms with Crippen LogP contribution in [0.4, 0.5) is 0 Å². The van der Waals surface area contributed by atoms with E-state index in [-0.39, 0.29) is 11.4 Å². The molecule has 2 fully saturated rings. The molecule has 2 aliphatic rings. The van der Waals surface area contributed by atoms with Gasteiger partial charge in [0.05, 0.1) is 17.1 Å². The van der Waals surface area contributed by atoms with E-state index in [0.29, 0.717) is 18.4 Å². The first kappa shape index (κ1) is 12.3. The zero-order valence-electron chi connectivity index (χ0n) is 9.87. The number of ether oxygens (including phenoxy) is 1. The molecule has 4 nitrogen and oxygen atoms in total. The van der Waals surface area contributed by atoms with E-state index >= 15 is 0 Å². The maximum absolute atomic E-state index is 11.7. The molecule has 5 heteroatoms. The monoisotopic (exact) mass is 247 g/mol. The molecule has 0 radical (unpaired) electrons. The van der Waals surface area contributed by atoms with Crippen molar-refractivity contribution < 1.29 is 13.2 Å². The second-order valence-electron chi connectivity index (χ2n) is 4.97. The van der Waals surface area contributed by atoms with E-state index < -0.39 is 9.84 Å². The van der Waals surface area contributed by atoms with Gasteiger partial charge in [-0.25, -0.2) is 8.42 Å². The summed E-state index contributed by atoms with van der Waals surface area (Å²) in [5.41, 5.74) is -0.387. The van der Waals surface area contributed by atoms with Crippen molar-refractivity contribution in [3.8, 4) is 0 Å². The van der Waals surface area contributed by atoms with E-state index in [9.17, 15) is 8.42 Å². The quantitative estimate of drug-likeness (QED) is 0.781. The molecular formula is C11H21NO3S. The first-order valence-corrected chi connectivity index (χ1v) is 7.95. The van der Waals surface area contributed by atoms with Gasteiger partial charge in [-0.3, -0.25) is 0 Å². The summed E-state index contributed by atoms with van der Waals surface area (Å²) in [5.74, 6) is 0.561. The highest BCUT2D eigenvalue weighted by atomic mass is 32.2. The van der Waals surface area contributed by atoms with Gasteiger partial charge in [-0.1, -0.05) is 6.92 Å². The summed E-state index contributed by atoms with van der Waals surface area (Å²) >= 11 is 0. The molecule has 0 aromatic heterocycles. The molecule has 0 aromatic carbocycles. The van der Waals surface area contributed by atoms with Gasteiger partial charge in [0.25, 0.3) is 0 Å². The molecule has 2 heterocycles. The lowest BCUT2D eigenvalue weighted by molar-refractivity contribution is -0.0802. The smallest absolute Gasteiger partial charge is 0.153 e. The summed E-state index contributed by atoms with van der Waals surface area (Å²) < 4.78 is 29.2. The molecule has 2 saturated heterocycles. The molecule has 0 aliphatic carbocycles. The van der Waals surface area contributed by atoms with E-state index in [1.807, 2.05) is 0 Å². The van der Waals surface area contributed by atoms with Crippen LogP contribution in [-0.2, 0) is 14.6 Å². The summed E-state index contributed by atoms with van der Waals surface area (Å²) in [6.45, 7) is 3.71. The number of sulfone groups is 1. The summed E-state index contributed by atoms with van der Waals surface area (Å²) in [6, 6.07) is 0.423. The van der Waals surface area contributed by atoms with Gasteiger partial charge in [-0.05, 0) is 32.2 Å². The van der Waals surface area contributed by atoms with E-state index in [4.69, 9.17) is 4.74 Å². The molecule has 1 N–H and O–H groups in total. The van der Waals surface area contributed by atoms with Crippen molar-refractivity contribution in [3.63, 3.8) is 0 Å². The van der Waals surface area contributed by atoms with E-state index in [0.717, 1.165) is 32.2 Å². The van der Waals surface area contributed by atoms with E-state index in [1.165, 1.54) is 0 Å². The van der Waals surface area contributed by atoms with Gasteiger partial charge < -0.3 is 10.1 Å². The Morgan fingerprint density at radius 2 is 2.31 bits per heavy atom. The first-order chi connectivity index (χ1) is 7.55. The fraction of sp³-hybridized carbons (Fsp3) is 1.00. The number of nitrogens with one attached hydrogen (secondary N) is 1. The Balaban J connectivity index is 2.06. The van der Waals surface area contributed by atoms with Crippen LogP contribution in [0, 0.1) is 0 Å². The van der Waals surface area contributed by atoms with Crippen molar-refractivity contribution in [2.24, 2.45) is 0 Å². The number of hydrogen-bond donors (Lipinski definition) is 1. The minimum absolute atomic E-state index is 0.224. The van der Waals surface area contributed by atoms with Crippen LogP contribution in [0.2, 0.25) is 0 Å². The third-order valence-corrected chi connectivity index (χ3v) is 5.43. The maximum Gasteiger partial charge on any atom is 0.153 e. The van der Waals surface area contributed by atoms with E-state index in [2.05, 4.69) is 12.2 Å². The average molecular weight is 247 g/mol. The van der Waals surface area contributed by atoms with Crippen molar-refractivity contribution in [1.82, 2.24) is 5.32 Å². The molecular weight excluding hydrogens is 226 g/mol. The summed E-state index contributed by atoms with van der Waals surface area (Å²) in [4.78, 5) is 0. The van der Waals surface area contributed by atoms with Crippen LogP contribution in [0.15, 0.2) is 0 Å². The Labute approximate surface area is 97.7 Å². The lowest BCUT2D eigenvalue weighted by Crippen LogP contribution is -2.53. The minimum atomic E-state index is -2.88. The third kappa shape index (κ3) is 2.76.